The lowest BCUT2D eigenvalue weighted by atomic mass is 10.1. The summed E-state index contributed by atoms with van der Waals surface area (Å²) in [4.78, 5) is 4.17. The molecule has 2 heterocycles. The second-order valence-electron chi connectivity index (χ2n) is 4.16. The normalized spacial score (nSPS) is 26.3. The van der Waals surface area contributed by atoms with Gasteiger partial charge in [-0.15, -0.1) is 0 Å². The van der Waals surface area contributed by atoms with Gasteiger partial charge < -0.3 is 5.32 Å². The minimum atomic E-state index is 0.603. The third kappa shape index (κ3) is 2.65. The number of thioether (sulfide) groups is 1. The highest BCUT2D eigenvalue weighted by Crippen LogP contribution is 2.28. The van der Waals surface area contributed by atoms with Crippen molar-refractivity contribution in [3.63, 3.8) is 0 Å². The Kier molecular flexibility index (Phi) is 3.52. The molecule has 0 aromatic carbocycles. The Morgan fingerprint density at radius 3 is 3.13 bits per heavy atom. The highest BCUT2D eigenvalue weighted by atomic mass is 32.2. The van der Waals surface area contributed by atoms with Crippen molar-refractivity contribution < 1.29 is 0 Å². The molecule has 3 heteroatoms. The minimum Gasteiger partial charge on any atom is -0.380 e. The number of hydrogen-bond donors (Lipinski definition) is 1. The highest BCUT2D eigenvalue weighted by molar-refractivity contribution is 8.00. The maximum atomic E-state index is 4.17. The van der Waals surface area contributed by atoms with Crippen molar-refractivity contribution in [2.45, 2.75) is 38.0 Å². The number of hydrogen-bond acceptors (Lipinski definition) is 3. The van der Waals surface area contributed by atoms with Gasteiger partial charge in [0.15, 0.2) is 0 Å². The third-order valence-corrected chi connectivity index (χ3v) is 4.37. The van der Waals surface area contributed by atoms with E-state index in [1.165, 1.54) is 29.8 Å². The number of aryl methyl sites for hydroxylation is 1. The summed E-state index contributed by atoms with van der Waals surface area (Å²) in [5, 5.41) is 4.32. The van der Waals surface area contributed by atoms with Gasteiger partial charge in [-0.3, -0.25) is 4.98 Å². The van der Waals surface area contributed by atoms with Gasteiger partial charge in [0.05, 0.1) is 11.9 Å². The Morgan fingerprint density at radius 2 is 2.40 bits per heavy atom. The molecule has 1 N–H and O–H groups in total. The molecule has 0 spiro atoms. The van der Waals surface area contributed by atoms with E-state index in [1.54, 1.807) is 0 Å². The maximum absolute atomic E-state index is 4.17. The van der Waals surface area contributed by atoms with Crippen LogP contribution in [0.2, 0.25) is 0 Å². The molecule has 2 atom stereocenters. The minimum absolute atomic E-state index is 0.603. The molecule has 0 radical (unpaired) electrons. The highest BCUT2D eigenvalue weighted by Gasteiger charge is 2.21. The SMILES string of the molecule is Cc1ccncc1NC1CCCSC1C. The molecular weight excluding hydrogens is 204 g/mol. The number of pyridine rings is 1. The summed E-state index contributed by atoms with van der Waals surface area (Å²) in [5.41, 5.74) is 2.48. The van der Waals surface area contributed by atoms with Crippen LogP contribution in [0.3, 0.4) is 0 Å². The molecule has 82 valence electrons. The standard InChI is InChI=1S/C12H18N2S/c1-9-5-6-13-8-12(9)14-11-4-3-7-15-10(11)2/h5-6,8,10-11,14H,3-4,7H2,1-2H3. The Balaban J connectivity index is 2.04. The second kappa shape index (κ2) is 4.88. The lowest BCUT2D eigenvalue weighted by Crippen LogP contribution is -2.33. The molecule has 0 saturated carbocycles. The van der Waals surface area contributed by atoms with Crippen LogP contribution in [0.1, 0.15) is 25.3 Å². The van der Waals surface area contributed by atoms with Crippen molar-refractivity contribution in [2.24, 2.45) is 0 Å². The van der Waals surface area contributed by atoms with Crippen molar-refractivity contribution in [2.75, 3.05) is 11.1 Å². The van der Waals surface area contributed by atoms with Crippen LogP contribution in [-0.4, -0.2) is 22.0 Å². The molecule has 2 unspecified atom stereocenters. The van der Waals surface area contributed by atoms with E-state index < -0.39 is 0 Å². The number of rotatable bonds is 2. The van der Waals surface area contributed by atoms with Gasteiger partial charge in [-0.2, -0.15) is 11.8 Å². The lowest BCUT2D eigenvalue weighted by molar-refractivity contribution is 0.617. The fourth-order valence-corrected chi connectivity index (χ4v) is 3.07. The van der Waals surface area contributed by atoms with Crippen LogP contribution in [0.4, 0.5) is 5.69 Å². The number of nitrogens with one attached hydrogen (secondary N) is 1. The molecular formula is C12H18N2S. The molecule has 1 aromatic rings. The van der Waals surface area contributed by atoms with Crippen LogP contribution in [0.15, 0.2) is 18.5 Å². The molecule has 0 aliphatic carbocycles. The van der Waals surface area contributed by atoms with E-state index in [4.69, 9.17) is 0 Å². The average Bonchev–Trinajstić information content (AvgIpc) is 2.24. The van der Waals surface area contributed by atoms with Crippen molar-refractivity contribution in [3.05, 3.63) is 24.0 Å². The molecule has 1 aromatic heterocycles. The van der Waals surface area contributed by atoms with Crippen LogP contribution in [0, 0.1) is 6.92 Å². The van der Waals surface area contributed by atoms with Crippen molar-refractivity contribution >= 4 is 17.4 Å². The Hall–Kier alpha value is -0.700. The zero-order valence-corrected chi connectivity index (χ0v) is 10.2. The molecule has 1 saturated heterocycles. The summed E-state index contributed by atoms with van der Waals surface area (Å²) in [6.07, 6.45) is 6.38. The summed E-state index contributed by atoms with van der Waals surface area (Å²) in [7, 11) is 0. The van der Waals surface area contributed by atoms with Crippen molar-refractivity contribution in [3.8, 4) is 0 Å². The number of anilines is 1. The van der Waals surface area contributed by atoms with Crippen LogP contribution >= 0.6 is 11.8 Å². The van der Waals surface area contributed by atoms with E-state index in [0.29, 0.717) is 11.3 Å². The van der Waals surface area contributed by atoms with Gasteiger partial charge in [0.2, 0.25) is 0 Å². The van der Waals surface area contributed by atoms with Gasteiger partial charge in [0, 0.05) is 17.5 Å². The summed E-state index contributed by atoms with van der Waals surface area (Å²) in [5.74, 6) is 1.31. The van der Waals surface area contributed by atoms with E-state index >= 15 is 0 Å². The van der Waals surface area contributed by atoms with Crippen molar-refractivity contribution in [1.29, 1.82) is 0 Å². The molecule has 1 aliphatic rings. The first-order valence-electron chi connectivity index (χ1n) is 5.56. The first kappa shape index (κ1) is 10.8. The molecule has 0 amide bonds. The van der Waals surface area contributed by atoms with Crippen LogP contribution in [-0.2, 0) is 0 Å². The van der Waals surface area contributed by atoms with E-state index in [1.807, 2.05) is 12.4 Å². The first-order valence-corrected chi connectivity index (χ1v) is 6.61. The van der Waals surface area contributed by atoms with Gasteiger partial charge in [-0.05, 0) is 37.1 Å². The maximum Gasteiger partial charge on any atom is 0.0558 e. The van der Waals surface area contributed by atoms with Crippen LogP contribution in [0.25, 0.3) is 0 Å². The first-order chi connectivity index (χ1) is 7.27. The summed E-state index contributed by atoms with van der Waals surface area (Å²) in [6, 6.07) is 2.66. The second-order valence-corrected chi connectivity index (χ2v) is 5.64. The molecule has 2 nitrogen and oxygen atoms in total. The van der Waals surface area contributed by atoms with Crippen molar-refractivity contribution in [1.82, 2.24) is 4.98 Å². The van der Waals surface area contributed by atoms with E-state index in [0.717, 1.165) is 0 Å². The quantitative estimate of drug-likeness (QED) is 0.832. The summed E-state index contributed by atoms with van der Waals surface area (Å²) < 4.78 is 0. The van der Waals surface area contributed by atoms with Gasteiger partial charge in [0.25, 0.3) is 0 Å². The third-order valence-electron chi connectivity index (χ3n) is 2.99. The summed E-state index contributed by atoms with van der Waals surface area (Å²) in [6.45, 7) is 4.44. The Labute approximate surface area is 95.9 Å². The predicted molar refractivity (Wildman–Crippen MR) is 67.5 cm³/mol. The van der Waals surface area contributed by atoms with E-state index in [9.17, 15) is 0 Å². The average molecular weight is 222 g/mol. The molecule has 15 heavy (non-hydrogen) atoms. The Morgan fingerprint density at radius 1 is 1.53 bits per heavy atom. The molecule has 2 rings (SSSR count). The molecule has 0 bridgehead atoms. The van der Waals surface area contributed by atoms with Gasteiger partial charge in [-0.1, -0.05) is 6.92 Å². The Bertz CT molecular complexity index is 327. The largest absolute Gasteiger partial charge is 0.380 e. The summed E-state index contributed by atoms with van der Waals surface area (Å²) >= 11 is 2.07. The molecule has 1 aliphatic heterocycles. The van der Waals surface area contributed by atoms with E-state index in [2.05, 4.69) is 42.0 Å². The fraction of sp³-hybridized carbons (Fsp3) is 0.583. The van der Waals surface area contributed by atoms with Gasteiger partial charge in [-0.25, -0.2) is 0 Å². The van der Waals surface area contributed by atoms with E-state index in [-0.39, 0.29) is 0 Å². The zero-order chi connectivity index (χ0) is 10.7. The van der Waals surface area contributed by atoms with Gasteiger partial charge in [0.1, 0.15) is 0 Å². The van der Waals surface area contributed by atoms with Gasteiger partial charge >= 0.3 is 0 Å². The number of nitrogens with zero attached hydrogens (tertiary/aromatic N) is 1. The smallest absolute Gasteiger partial charge is 0.0558 e. The predicted octanol–water partition coefficient (Wildman–Crippen LogP) is 3.09. The van der Waals surface area contributed by atoms with Crippen LogP contribution in [0.5, 0.6) is 0 Å². The van der Waals surface area contributed by atoms with Crippen LogP contribution < -0.4 is 5.32 Å². The number of aromatic nitrogens is 1. The zero-order valence-electron chi connectivity index (χ0n) is 9.36. The monoisotopic (exact) mass is 222 g/mol. The topological polar surface area (TPSA) is 24.9 Å². The molecule has 1 fully saturated rings. The lowest BCUT2D eigenvalue weighted by Gasteiger charge is -2.30. The fourth-order valence-electron chi connectivity index (χ4n) is 1.93.